The summed E-state index contributed by atoms with van der Waals surface area (Å²) in [4.78, 5) is 0. The van der Waals surface area contributed by atoms with Gasteiger partial charge in [-0.1, -0.05) is 120 Å². The smallest absolute Gasteiger partial charge is 0.00197 e. The average Bonchev–Trinajstić information content (AvgIpc) is 2.96. The number of hydrogen-bond acceptors (Lipinski definition) is 0. The molecular weight excluding hydrogens is 492 g/mol. The molecule has 198 valence electrons. The van der Waals surface area contributed by atoms with E-state index in [1.54, 1.807) is 0 Å². The van der Waals surface area contributed by atoms with E-state index in [2.05, 4.69) is 150 Å². The Kier molecular flexibility index (Phi) is 6.02. The molecule has 0 unspecified atom stereocenters. The van der Waals surface area contributed by atoms with Crippen LogP contribution in [-0.4, -0.2) is 0 Å². The SMILES string of the molecule is Cc1cc(C)cc(-c2c3ccc(C)cc3c(-c3cc4ccccc4cc3-c3ccccc3)c3cc(C)c(C)cc23)c1. The molecule has 0 amide bonds. The number of hydrogen-bond donors (Lipinski definition) is 0. The lowest BCUT2D eigenvalue weighted by Gasteiger charge is -2.22. The average molecular weight is 527 g/mol. The lowest BCUT2D eigenvalue weighted by molar-refractivity contribution is 1.36. The maximum atomic E-state index is 2.43. The molecular formula is C41H34. The third-order valence-corrected chi connectivity index (χ3v) is 8.64. The van der Waals surface area contributed by atoms with Crippen molar-refractivity contribution < 1.29 is 0 Å². The molecule has 0 fully saturated rings. The molecule has 0 radical (unpaired) electrons. The Balaban J connectivity index is 1.72. The van der Waals surface area contributed by atoms with Crippen LogP contribution in [0.3, 0.4) is 0 Å². The second-order valence-corrected chi connectivity index (χ2v) is 11.8. The van der Waals surface area contributed by atoms with Crippen molar-refractivity contribution in [1.29, 1.82) is 0 Å². The third-order valence-electron chi connectivity index (χ3n) is 8.64. The molecule has 0 bridgehead atoms. The Morgan fingerprint density at radius 2 is 0.902 bits per heavy atom. The fourth-order valence-corrected chi connectivity index (χ4v) is 6.63. The van der Waals surface area contributed by atoms with Gasteiger partial charge in [0.25, 0.3) is 0 Å². The third kappa shape index (κ3) is 4.32. The second-order valence-electron chi connectivity index (χ2n) is 11.8. The van der Waals surface area contributed by atoms with Crippen LogP contribution in [-0.2, 0) is 0 Å². The van der Waals surface area contributed by atoms with Crippen LogP contribution in [0.5, 0.6) is 0 Å². The van der Waals surface area contributed by atoms with Crippen LogP contribution < -0.4 is 0 Å². The Hall–Kier alpha value is -4.68. The van der Waals surface area contributed by atoms with Crippen LogP contribution in [0.25, 0.3) is 65.7 Å². The molecule has 0 aliphatic rings. The molecule has 0 aliphatic heterocycles. The van der Waals surface area contributed by atoms with Gasteiger partial charge in [0.15, 0.2) is 0 Å². The highest BCUT2D eigenvalue weighted by atomic mass is 14.2. The molecule has 7 aromatic rings. The molecule has 0 aliphatic carbocycles. The summed E-state index contributed by atoms with van der Waals surface area (Å²) < 4.78 is 0. The van der Waals surface area contributed by atoms with E-state index in [-0.39, 0.29) is 0 Å². The first-order valence-electron chi connectivity index (χ1n) is 14.5. The minimum atomic E-state index is 1.24. The van der Waals surface area contributed by atoms with E-state index in [9.17, 15) is 0 Å². The zero-order valence-corrected chi connectivity index (χ0v) is 24.5. The predicted octanol–water partition coefficient (Wildman–Crippen LogP) is 11.7. The summed E-state index contributed by atoms with van der Waals surface area (Å²) >= 11 is 0. The lowest BCUT2D eigenvalue weighted by atomic mass is 9.81. The first kappa shape index (κ1) is 25.3. The van der Waals surface area contributed by atoms with Gasteiger partial charge in [-0.15, -0.1) is 0 Å². The van der Waals surface area contributed by atoms with Crippen molar-refractivity contribution in [3.05, 3.63) is 143 Å². The highest BCUT2D eigenvalue weighted by Gasteiger charge is 2.21. The summed E-state index contributed by atoms with van der Waals surface area (Å²) in [6.07, 6.45) is 0. The molecule has 41 heavy (non-hydrogen) atoms. The monoisotopic (exact) mass is 526 g/mol. The minimum absolute atomic E-state index is 1.24. The maximum absolute atomic E-state index is 2.43. The van der Waals surface area contributed by atoms with Crippen LogP contribution in [0.1, 0.15) is 27.8 Å². The Bertz CT molecular complexity index is 2110. The van der Waals surface area contributed by atoms with Gasteiger partial charge in [-0.2, -0.15) is 0 Å². The Morgan fingerprint density at radius 3 is 1.56 bits per heavy atom. The van der Waals surface area contributed by atoms with Crippen molar-refractivity contribution in [2.75, 3.05) is 0 Å². The number of aryl methyl sites for hydroxylation is 5. The molecule has 0 atom stereocenters. The van der Waals surface area contributed by atoms with Gasteiger partial charge in [0.05, 0.1) is 0 Å². The van der Waals surface area contributed by atoms with Crippen LogP contribution in [0.2, 0.25) is 0 Å². The summed E-state index contributed by atoms with van der Waals surface area (Å²) in [7, 11) is 0. The summed E-state index contributed by atoms with van der Waals surface area (Å²) in [6.45, 7) is 11.1. The molecule has 7 rings (SSSR count). The summed E-state index contributed by atoms with van der Waals surface area (Å²) in [5.41, 5.74) is 14.2. The number of benzene rings is 7. The Morgan fingerprint density at radius 1 is 0.341 bits per heavy atom. The standard InChI is InChI=1S/C41H34/c1-25-15-16-34-36(20-25)41(39-24-32-14-10-9-13-31(32)23-35(39)30-11-7-6-8-12-30)38-22-29(5)28(4)21-37(38)40(34)33-18-26(2)17-27(3)19-33/h6-24H,1-5H3. The van der Waals surface area contributed by atoms with E-state index in [4.69, 9.17) is 0 Å². The van der Waals surface area contributed by atoms with Gasteiger partial charge >= 0.3 is 0 Å². The molecule has 0 saturated carbocycles. The van der Waals surface area contributed by atoms with Gasteiger partial charge in [-0.3, -0.25) is 0 Å². The normalized spacial score (nSPS) is 11.5. The number of fused-ring (bicyclic) bond motifs is 3. The molecule has 0 heteroatoms. The molecule has 0 saturated heterocycles. The van der Waals surface area contributed by atoms with Crippen LogP contribution in [0.15, 0.2) is 115 Å². The van der Waals surface area contributed by atoms with E-state index < -0.39 is 0 Å². The van der Waals surface area contributed by atoms with Crippen LogP contribution >= 0.6 is 0 Å². The molecule has 7 aromatic carbocycles. The fraction of sp³-hybridized carbons (Fsp3) is 0.122. The maximum Gasteiger partial charge on any atom is -0.00197 e. The summed E-state index contributed by atoms with van der Waals surface area (Å²) in [5.74, 6) is 0. The Labute approximate surface area is 242 Å². The van der Waals surface area contributed by atoms with Crippen molar-refractivity contribution in [3.8, 4) is 33.4 Å². The fourth-order valence-electron chi connectivity index (χ4n) is 6.63. The van der Waals surface area contributed by atoms with E-state index in [0.29, 0.717) is 0 Å². The topological polar surface area (TPSA) is 0 Å². The van der Waals surface area contributed by atoms with Gasteiger partial charge in [-0.25, -0.2) is 0 Å². The number of rotatable bonds is 3. The molecule has 0 N–H and O–H groups in total. The van der Waals surface area contributed by atoms with Crippen molar-refractivity contribution in [1.82, 2.24) is 0 Å². The van der Waals surface area contributed by atoms with Crippen LogP contribution in [0, 0.1) is 34.6 Å². The van der Waals surface area contributed by atoms with E-state index >= 15 is 0 Å². The largest absolute Gasteiger partial charge is 0.0622 e. The lowest BCUT2D eigenvalue weighted by Crippen LogP contribution is -1.96. The molecule has 0 aromatic heterocycles. The highest BCUT2D eigenvalue weighted by Crippen LogP contribution is 2.48. The van der Waals surface area contributed by atoms with Crippen molar-refractivity contribution >= 4 is 32.3 Å². The highest BCUT2D eigenvalue weighted by molar-refractivity contribution is 6.23. The van der Waals surface area contributed by atoms with E-state index in [0.717, 1.165) is 0 Å². The van der Waals surface area contributed by atoms with Crippen molar-refractivity contribution in [3.63, 3.8) is 0 Å². The first-order valence-corrected chi connectivity index (χ1v) is 14.5. The minimum Gasteiger partial charge on any atom is -0.0622 e. The summed E-state index contributed by atoms with van der Waals surface area (Å²) in [6, 6.07) is 43.2. The van der Waals surface area contributed by atoms with E-state index in [1.165, 1.54) is 93.5 Å². The second kappa shape index (κ2) is 9.75. The van der Waals surface area contributed by atoms with Gasteiger partial charge in [0, 0.05) is 0 Å². The van der Waals surface area contributed by atoms with Gasteiger partial charge < -0.3 is 0 Å². The molecule has 0 nitrogen and oxygen atoms in total. The van der Waals surface area contributed by atoms with Gasteiger partial charge in [-0.05, 0) is 124 Å². The quantitative estimate of drug-likeness (QED) is 0.201. The summed E-state index contributed by atoms with van der Waals surface area (Å²) in [5, 5.41) is 7.77. The van der Waals surface area contributed by atoms with Crippen molar-refractivity contribution in [2.45, 2.75) is 34.6 Å². The predicted molar refractivity (Wildman–Crippen MR) is 179 cm³/mol. The van der Waals surface area contributed by atoms with Gasteiger partial charge in [0.2, 0.25) is 0 Å². The van der Waals surface area contributed by atoms with Crippen molar-refractivity contribution in [2.24, 2.45) is 0 Å². The first-order chi connectivity index (χ1) is 19.9. The van der Waals surface area contributed by atoms with E-state index in [1.807, 2.05) is 0 Å². The zero-order chi connectivity index (χ0) is 28.2. The van der Waals surface area contributed by atoms with Crippen LogP contribution in [0.4, 0.5) is 0 Å². The zero-order valence-electron chi connectivity index (χ0n) is 24.5. The van der Waals surface area contributed by atoms with Gasteiger partial charge in [0.1, 0.15) is 0 Å². The molecule has 0 heterocycles. The molecule has 0 spiro atoms.